The van der Waals surface area contributed by atoms with Crippen molar-refractivity contribution >= 4 is 33.6 Å². The van der Waals surface area contributed by atoms with E-state index in [9.17, 15) is 5.11 Å². The van der Waals surface area contributed by atoms with Crippen molar-refractivity contribution in [3.8, 4) is 5.88 Å². The fourth-order valence-corrected chi connectivity index (χ4v) is 5.25. The van der Waals surface area contributed by atoms with E-state index in [-0.39, 0.29) is 11.9 Å². The highest BCUT2D eigenvalue weighted by molar-refractivity contribution is 7.17. The number of thiazole rings is 1. The lowest BCUT2D eigenvalue weighted by molar-refractivity contribution is 0.191. The largest absolute Gasteiger partial charge is 0.492 e. The van der Waals surface area contributed by atoms with Crippen molar-refractivity contribution in [3.63, 3.8) is 0 Å². The van der Waals surface area contributed by atoms with Crippen LogP contribution in [0.1, 0.15) is 29.4 Å². The lowest BCUT2D eigenvalue weighted by Gasteiger charge is -2.39. The van der Waals surface area contributed by atoms with Crippen LogP contribution in [0.15, 0.2) is 47.1 Å². The first-order valence-electron chi connectivity index (χ1n) is 9.99. The molecular formula is C21H22ClN5O2S. The molecule has 9 heteroatoms. The lowest BCUT2D eigenvalue weighted by atomic mass is 10.1. The number of nitrogens with zero attached hydrogens (tertiary/aromatic N) is 5. The number of anilines is 1. The average molecular weight is 444 g/mol. The van der Waals surface area contributed by atoms with E-state index >= 15 is 0 Å². The second kappa shape index (κ2) is 7.94. The number of aromatic nitrogens is 3. The van der Waals surface area contributed by atoms with Crippen LogP contribution >= 0.6 is 22.9 Å². The Hall–Kier alpha value is -2.55. The SMILES string of the molecule is CCc1nc2sc([C@H](c3ccco3)N3CCN(c4cccc(Cl)c4)CC3)c(O)n2n1. The first-order chi connectivity index (χ1) is 14.6. The number of aromatic hydroxyl groups is 1. The first-order valence-corrected chi connectivity index (χ1v) is 11.2. The minimum absolute atomic E-state index is 0.140. The molecule has 0 radical (unpaired) electrons. The molecule has 0 spiro atoms. The Morgan fingerprint density at radius 3 is 2.70 bits per heavy atom. The molecule has 1 aromatic carbocycles. The summed E-state index contributed by atoms with van der Waals surface area (Å²) < 4.78 is 7.31. The van der Waals surface area contributed by atoms with E-state index < -0.39 is 0 Å². The second-order valence-electron chi connectivity index (χ2n) is 7.29. The fourth-order valence-electron chi connectivity index (χ4n) is 3.95. The minimum atomic E-state index is -0.180. The normalized spacial score (nSPS) is 16.4. The number of hydrogen-bond donors (Lipinski definition) is 1. The second-order valence-corrected chi connectivity index (χ2v) is 8.73. The fraction of sp³-hybridized carbons (Fsp3) is 0.333. The number of hydrogen-bond acceptors (Lipinski definition) is 7. The predicted molar refractivity (Wildman–Crippen MR) is 118 cm³/mol. The Balaban J connectivity index is 1.44. The van der Waals surface area contributed by atoms with Gasteiger partial charge in [0, 0.05) is 43.3 Å². The molecule has 0 unspecified atom stereocenters. The highest BCUT2D eigenvalue weighted by atomic mass is 35.5. The zero-order valence-corrected chi connectivity index (χ0v) is 18.1. The molecule has 1 N–H and O–H groups in total. The molecule has 5 rings (SSSR count). The molecule has 4 aromatic rings. The molecular weight excluding hydrogens is 422 g/mol. The molecule has 1 atom stereocenters. The van der Waals surface area contributed by atoms with Crippen LogP contribution in [0, 0.1) is 0 Å². The zero-order chi connectivity index (χ0) is 20.7. The van der Waals surface area contributed by atoms with Crippen molar-refractivity contribution in [2.75, 3.05) is 31.1 Å². The Morgan fingerprint density at radius 1 is 1.20 bits per heavy atom. The number of furan rings is 1. The maximum atomic E-state index is 10.9. The third-order valence-corrected chi connectivity index (χ3v) is 6.78. The van der Waals surface area contributed by atoms with Crippen LogP contribution in [-0.2, 0) is 6.42 Å². The van der Waals surface area contributed by atoms with Crippen LogP contribution in [0.3, 0.4) is 0 Å². The third kappa shape index (κ3) is 3.45. The molecule has 4 heterocycles. The molecule has 1 fully saturated rings. The molecule has 156 valence electrons. The Morgan fingerprint density at radius 2 is 2.03 bits per heavy atom. The van der Waals surface area contributed by atoms with E-state index in [0.29, 0.717) is 4.96 Å². The Labute approximate surface area is 183 Å². The molecule has 1 aliphatic rings. The number of aryl methyl sites for hydroxylation is 1. The lowest BCUT2D eigenvalue weighted by Crippen LogP contribution is -2.47. The standard InChI is InChI=1S/C21H22ClN5O2S/c1-2-17-23-21-27(24-17)20(28)19(30-21)18(16-7-4-12-29-16)26-10-8-25(9-11-26)15-6-3-5-14(22)13-15/h3-7,12-13,18,28H,2,8-11H2,1H3/t18-/m0/s1. The molecule has 30 heavy (non-hydrogen) atoms. The summed E-state index contributed by atoms with van der Waals surface area (Å²) in [7, 11) is 0. The highest BCUT2D eigenvalue weighted by Gasteiger charge is 2.33. The number of fused-ring (bicyclic) bond motifs is 1. The maximum absolute atomic E-state index is 10.9. The van der Waals surface area contributed by atoms with Gasteiger partial charge in [-0.05, 0) is 30.3 Å². The summed E-state index contributed by atoms with van der Waals surface area (Å²) in [5.41, 5.74) is 1.13. The van der Waals surface area contributed by atoms with Crippen molar-refractivity contribution in [3.05, 3.63) is 64.1 Å². The topological polar surface area (TPSA) is 70.0 Å². The average Bonchev–Trinajstić information content (AvgIpc) is 3.48. The summed E-state index contributed by atoms with van der Waals surface area (Å²) in [6.45, 7) is 5.37. The van der Waals surface area contributed by atoms with Crippen LogP contribution in [-0.4, -0.2) is 50.8 Å². The Bertz CT molecular complexity index is 1150. The van der Waals surface area contributed by atoms with Gasteiger partial charge in [0.2, 0.25) is 10.8 Å². The molecule has 1 aliphatic heterocycles. The van der Waals surface area contributed by atoms with Gasteiger partial charge in [0.25, 0.3) is 0 Å². The Kier molecular flexibility index (Phi) is 5.14. The van der Waals surface area contributed by atoms with Gasteiger partial charge in [-0.15, -0.1) is 5.10 Å². The summed E-state index contributed by atoms with van der Waals surface area (Å²) in [5.74, 6) is 1.68. The van der Waals surface area contributed by atoms with E-state index in [1.165, 1.54) is 15.9 Å². The highest BCUT2D eigenvalue weighted by Crippen LogP contribution is 2.40. The van der Waals surface area contributed by atoms with E-state index in [4.69, 9.17) is 16.0 Å². The van der Waals surface area contributed by atoms with Crippen molar-refractivity contribution in [2.24, 2.45) is 0 Å². The molecule has 0 amide bonds. The minimum Gasteiger partial charge on any atom is -0.492 e. The van der Waals surface area contributed by atoms with Gasteiger partial charge >= 0.3 is 0 Å². The van der Waals surface area contributed by atoms with Gasteiger partial charge in [-0.2, -0.15) is 4.52 Å². The van der Waals surface area contributed by atoms with Crippen LogP contribution in [0.25, 0.3) is 4.96 Å². The molecule has 0 aliphatic carbocycles. The third-order valence-electron chi connectivity index (χ3n) is 5.47. The molecule has 0 bridgehead atoms. The summed E-state index contributed by atoms with van der Waals surface area (Å²) in [6.07, 6.45) is 2.41. The zero-order valence-electron chi connectivity index (χ0n) is 16.5. The number of piperazine rings is 1. The van der Waals surface area contributed by atoms with Crippen molar-refractivity contribution in [1.29, 1.82) is 0 Å². The van der Waals surface area contributed by atoms with E-state index in [2.05, 4.69) is 25.9 Å². The van der Waals surface area contributed by atoms with Gasteiger partial charge in [-0.3, -0.25) is 4.90 Å². The molecule has 7 nitrogen and oxygen atoms in total. The summed E-state index contributed by atoms with van der Waals surface area (Å²) >= 11 is 7.63. The number of halogens is 1. The van der Waals surface area contributed by atoms with Crippen LogP contribution in [0.5, 0.6) is 5.88 Å². The first kappa shape index (κ1) is 19.4. The molecule has 0 saturated carbocycles. The van der Waals surface area contributed by atoms with E-state index in [0.717, 1.165) is 59.8 Å². The van der Waals surface area contributed by atoms with Gasteiger partial charge in [-0.1, -0.05) is 35.9 Å². The van der Waals surface area contributed by atoms with Gasteiger partial charge in [0.1, 0.15) is 11.8 Å². The van der Waals surface area contributed by atoms with Gasteiger partial charge in [-0.25, -0.2) is 4.98 Å². The molecule has 3 aromatic heterocycles. The number of benzene rings is 1. The van der Waals surface area contributed by atoms with Gasteiger partial charge < -0.3 is 14.4 Å². The quantitative estimate of drug-likeness (QED) is 0.498. The van der Waals surface area contributed by atoms with Crippen LogP contribution < -0.4 is 4.90 Å². The van der Waals surface area contributed by atoms with Crippen LogP contribution in [0.4, 0.5) is 5.69 Å². The van der Waals surface area contributed by atoms with Crippen molar-refractivity contribution in [2.45, 2.75) is 19.4 Å². The summed E-state index contributed by atoms with van der Waals surface area (Å²) in [5, 5.41) is 16.1. The van der Waals surface area contributed by atoms with Gasteiger partial charge in [0.15, 0.2) is 5.82 Å². The monoisotopic (exact) mass is 443 g/mol. The van der Waals surface area contributed by atoms with E-state index in [1.54, 1.807) is 6.26 Å². The molecule has 1 saturated heterocycles. The summed E-state index contributed by atoms with van der Waals surface area (Å²) in [6, 6.07) is 11.6. The van der Waals surface area contributed by atoms with Crippen LogP contribution in [0.2, 0.25) is 5.02 Å². The van der Waals surface area contributed by atoms with Crippen molar-refractivity contribution in [1.82, 2.24) is 19.5 Å². The number of rotatable bonds is 5. The van der Waals surface area contributed by atoms with E-state index in [1.807, 2.05) is 37.3 Å². The maximum Gasteiger partial charge on any atom is 0.230 e. The van der Waals surface area contributed by atoms with Gasteiger partial charge in [0.05, 0.1) is 11.1 Å². The summed E-state index contributed by atoms with van der Waals surface area (Å²) in [4.78, 5) is 10.7. The predicted octanol–water partition coefficient (Wildman–Crippen LogP) is 4.22. The van der Waals surface area contributed by atoms with Crippen molar-refractivity contribution < 1.29 is 9.52 Å². The smallest absolute Gasteiger partial charge is 0.230 e.